The Hall–Kier alpha value is -2.44. The van der Waals surface area contributed by atoms with Gasteiger partial charge in [0.25, 0.3) is 0 Å². The van der Waals surface area contributed by atoms with Crippen molar-refractivity contribution in [3.8, 4) is 12.3 Å². The third-order valence-corrected chi connectivity index (χ3v) is 3.44. The second kappa shape index (κ2) is 7.53. The average Bonchev–Trinajstić information content (AvgIpc) is 2.55. The van der Waals surface area contributed by atoms with Gasteiger partial charge in [0, 0.05) is 23.3 Å². The number of nitrogens with one attached hydrogen (secondary N) is 1. The van der Waals surface area contributed by atoms with Crippen LogP contribution in [0.4, 0.5) is 11.4 Å². The van der Waals surface area contributed by atoms with Gasteiger partial charge in [0.05, 0.1) is 11.4 Å². The van der Waals surface area contributed by atoms with Gasteiger partial charge in [-0.15, -0.1) is 6.42 Å². The third-order valence-electron chi connectivity index (χ3n) is 3.21. The number of halogens is 1. The third kappa shape index (κ3) is 3.81. The zero-order valence-electron chi connectivity index (χ0n) is 12.7. The highest BCUT2D eigenvalue weighted by Gasteiger charge is 2.09. The monoisotopic (exact) mass is 311 g/mol. The molecule has 0 radical (unpaired) electrons. The van der Waals surface area contributed by atoms with E-state index in [1.165, 1.54) is 0 Å². The van der Waals surface area contributed by atoms with Crippen molar-refractivity contribution in [2.75, 3.05) is 23.9 Å². The van der Waals surface area contributed by atoms with E-state index in [9.17, 15) is 0 Å². The molecule has 1 N–H and O–H groups in total. The van der Waals surface area contributed by atoms with Gasteiger partial charge in [-0.2, -0.15) is 5.10 Å². The number of hydrazone groups is 1. The van der Waals surface area contributed by atoms with Crippen LogP contribution >= 0.6 is 11.6 Å². The molecular weight excluding hydrogens is 294 g/mol. The first-order valence-corrected chi connectivity index (χ1v) is 7.32. The molecule has 112 valence electrons. The van der Waals surface area contributed by atoms with E-state index in [2.05, 4.69) is 16.3 Å². The Labute approximate surface area is 136 Å². The van der Waals surface area contributed by atoms with Gasteiger partial charge in [-0.25, -0.2) is 0 Å². The van der Waals surface area contributed by atoms with Gasteiger partial charge < -0.3 is 5.32 Å². The van der Waals surface area contributed by atoms with Crippen molar-refractivity contribution in [2.45, 2.75) is 6.92 Å². The predicted molar refractivity (Wildman–Crippen MR) is 95.8 cm³/mol. The van der Waals surface area contributed by atoms with Crippen LogP contribution in [0.5, 0.6) is 0 Å². The number of hydrogen-bond donors (Lipinski definition) is 1. The number of rotatable bonds is 5. The molecule has 22 heavy (non-hydrogen) atoms. The molecule has 0 unspecified atom stereocenters. The lowest BCUT2D eigenvalue weighted by molar-refractivity contribution is 0.954. The molecule has 0 saturated carbocycles. The molecule has 0 bridgehead atoms. The van der Waals surface area contributed by atoms with Gasteiger partial charge in [-0.1, -0.05) is 35.7 Å². The molecule has 0 saturated heterocycles. The molecule has 0 aliphatic carbocycles. The molecule has 2 rings (SSSR count). The highest BCUT2D eigenvalue weighted by molar-refractivity contribution is 6.31. The summed E-state index contributed by atoms with van der Waals surface area (Å²) >= 11 is 6.10. The minimum Gasteiger partial charge on any atom is -0.388 e. The summed E-state index contributed by atoms with van der Waals surface area (Å²) in [7, 11) is 1.87. The maximum Gasteiger partial charge on any atom is 0.102 e. The van der Waals surface area contributed by atoms with E-state index in [-0.39, 0.29) is 0 Å². The van der Waals surface area contributed by atoms with Gasteiger partial charge in [0.1, 0.15) is 6.54 Å². The van der Waals surface area contributed by atoms with Crippen LogP contribution in [0.15, 0.2) is 53.6 Å². The maximum absolute atomic E-state index is 6.10. The van der Waals surface area contributed by atoms with E-state index in [1.54, 1.807) is 5.01 Å². The molecule has 0 amide bonds. The van der Waals surface area contributed by atoms with Crippen LogP contribution in [0.2, 0.25) is 5.02 Å². The Kier molecular flexibility index (Phi) is 5.46. The Morgan fingerprint density at radius 2 is 2.00 bits per heavy atom. The normalized spacial score (nSPS) is 10.9. The summed E-state index contributed by atoms with van der Waals surface area (Å²) in [6.07, 6.45) is 5.47. The molecule has 4 heteroatoms. The Balaban J connectivity index is 2.41. The summed E-state index contributed by atoms with van der Waals surface area (Å²) in [5.41, 5.74) is 3.71. The summed E-state index contributed by atoms with van der Waals surface area (Å²) < 4.78 is 0. The van der Waals surface area contributed by atoms with Crippen LogP contribution in [0, 0.1) is 12.3 Å². The molecule has 0 aliphatic rings. The lowest BCUT2D eigenvalue weighted by atomic mass is 10.1. The zero-order chi connectivity index (χ0) is 15.9. The Morgan fingerprint density at radius 1 is 1.27 bits per heavy atom. The van der Waals surface area contributed by atoms with Crippen LogP contribution in [0.25, 0.3) is 0 Å². The molecule has 0 fully saturated rings. The van der Waals surface area contributed by atoms with E-state index < -0.39 is 0 Å². The van der Waals surface area contributed by atoms with E-state index in [1.807, 2.05) is 62.5 Å². The van der Waals surface area contributed by atoms with Gasteiger partial charge in [0.2, 0.25) is 0 Å². The van der Waals surface area contributed by atoms with Crippen LogP contribution in [-0.4, -0.2) is 19.3 Å². The Bertz CT molecular complexity index is 702. The van der Waals surface area contributed by atoms with E-state index in [4.69, 9.17) is 18.0 Å². The lowest BCUT2D eigenvalue weighted by Gasteiger charge is -2.18. The number of terminal acetylenes is 1. The van der Waals surface area contributed by atoms with Crippen molar-refractivity contribution in [3.05, 3.63) is 59.1 Å². The second-order valence-corrected chi connectivity index (χ2v) is 5.16. The lowest BCUT2D eigenvalue weighted by Crippen LogP contribution is -2.19. The Morgan fingerprint density at radius 3 is 2.64 bits per heavy atom. The molecule has 3 nitrogen and oxygen atoms in total. The smallest absolute Gasteiger partial charge is 0.102 e. The topological polar surface area (TPSA) is 27.6 Å². The predicted octanol–water partition coefficient (Wildman–Crippen LogP) is 4.25. The molecule has 2 aromatic carbocycles. The molecule has 0 aliphatic heterocycles. The molecule has 2 aromatic rings. The SMILES string of the molecule is C#CCN(/N=C(/C)c1cc(Cl)ccc1NC)c1ccccc1. The highest BCUT2D eigenvalue weighted by atomic mass is 35.5. The van der Waals surface area contributed by atoms with E-state index >= 15 is 0 Å². The summed E-state index contributed by atoms with van der Waals surface area (Å²) in [6, 6.07) is 15.5. The summed E-state index contributed by atoms with van der Waals surface area (Å²) in [4.78, 5) is 0. The standard InChI is InChI=1S/C18H18ClN3/c1-4-12-22(16-8-6-5-7-9-16)21-14(2)17-13-15(19)10-11-18(17)20-3/h1,5-11,13,20H,12H2,2-3H3/b21-14-. The van der Waals surface area contributed by atoms with Crippen molar-refractivity contribution in [2.24, 2.45) is 5.10 Å². The summed E-state index contributed by atoms with van der Waals surface area (Å²) in [5.74, 6) is 2.64. The maximum atomic E-state index is 6.10. The van der Waals surface area contributed by atoms with Crippen LogP contribution in [0.1, 0.15) is 12.5 Å². The van der Waals surface area contributed by atoms with Gasteiger partial charge in [-0.05, 0) is 37.3 Å². The fourth-order valence-corrected chi connectivity index (χ4v) is 2.31. The number of hydrogen-bond acceptors (Lipinski definition) is 3. The van der Waals surface area contributed by atoms with E-state index in [0.717, 1.165) is 22.6 Å². The fourth-order valence-electron chi connectivity index (χ4n) is 2.14. The number of nitrogens with zero attached hydrogens (tertiary/aromatic N) is 2. The molecular formula is C18H18ClN3. The van der Waals surface area contributed by atoms with Crippen molar-refractivity contribution in [1.82, 2.24) is 0 Å². The minimum atomic E-state index is 0.400. The molecule has 0 spiro atoms. The quantitative estimate of drug-likeness (QED) is 0.508. The van der Waals surface area contributed by atoms with Crippen LogP contribution in [-0.2, 0) is 0 Å². The largest absolute Gasteiger partial charge is 0.388 e. The zero-order valence-corrected chi connectivity index (χ0v) is 13.4. The first kappa shape index (κ1) is 15.9. The van der Waals surface area contributed by atoms with Gasteiger partial charge in [0.15, 0.2) is 0 Å². The number of benzene rings is 2. The number of anilines is 2. The first-order valence-electron chi connectivity index (χ1n) is 6.94. The van der Waals surface area contributed by atoms with Crippen molar-refractivity contribution >= 4 is 28.7 Å². The average molecular weight is 312 g/mol. The fraction of sp³-hybridized carbons (Fsp3) is 0.167. The van der Waals surface area contributed by atoms with Crippen LogP contribution < -0.4 is 10.3 Å². The minimum absolute atomic E-state index is 0.400. The molecule has 0 atom stereocenters. The van der Waals surface area contributed by atoms with Gasteiger partial charge >= 0.3 is 0 Å². The number of para-hydroxylation sites is 1. The van der Waals surface area contributed by atoms with Gasteiger partial charge in [-0.3, -0.25) is 5.01 Å². The summed E-state index contributed by atoms with van der Waals surface area (Å²) in [6.45, 7) is 2.34. The summed E-state index contributed by atoms with van der Waals surface area (Å²) in [5, 5.41) is 10.3. The van der Waals surface area contributed by atoms with Crippen molar-refractivity contribution in [3.63, 3.8) is 0 Å². The molecule has 0 aromatic heterocycles. The van der Waals surface area contributed by atoms with Crippen LogP contribution in [0.3, 0.4) is 0 Å². The second-order valence-electron chi connectivity index (χ2n) is 4.72. The highest BCUT2D eigenvalue weighted by Crippen LogP contribution is 2.22. The molecule has 0 heterocycles. The van der Waals surface area contributed by atoms with E-state index in [0.29, 0.717) is 11.6 Å². The first-order chi connectivity index (χ1) is 10.7. The van der Waals surface area contributed by atoms with Crippen molar-refractivity contribution in [1.29, 1.82) is 0 Å². The van der Waals surface area contributed by atoms with Crippen molar-refractivity contribution < 1.29 is 0 Å².